The second-order valence-corrected chi connectivity index (χ2v) is 9.75. The number of pyridine rings is 1. The Balaban J connectivity index is 2.04. The number of nitrogens with zero attached hydrogens (tertiary/aromatic N) is 1. The van der Waals surface area contributed by atoms with Crippen molar-refractivity contribution in [2.75, 3.05) is 0 Å². The molecule has 148 valence electrons. The van der Waals surface area contributed by atoms with Crippen LogP contribution in [0, 0.1) is 0 Å². The van der Waals surface area contributed by atoms with Crippen LogP contribution < -0.4 is 0 Å². The van der Waals surface area contributed by atoms with E-state index in [1.54, 1.807) is 18.3 Å². The summed E-state index contributed by atoms with van der Waals surface area (Å²) in [6.07, 6.45) is 7.98. The number of halogens is 2. The second-order valence-electron chi connectivity index (χ2n) is 8.64. The molecule has 1 fully saturated rings. The highest BCUT2D eigenvalue weighted by Crippen LogP contribution is 2.37. The van der Waals surface area contributed by atoms with E-state index in [1.165, 1.54) is 5.56 Å². The smallest absolute Gasteiger partial charge is 0.177 e. The number of benzene rings is 1. The number of carbonyl (C=O) groups is 1. The van der Waals surface area contributed by atoms with Crippen LogP contribution in [0.15, 0.2) is 48.7 Å². The maximum absolute atomic E-state index is 13.1. The van der Waals surface area contributed by atoms with Gasteiger partial charge in [0.1, 0.15) is 10.0 Å². The summed E-state index contributed by atoms with van der Waals surface area (Å²) in [5.74, 6) is -0.0169. The average Bonchev–Trinajstić information content (AvgIpc) is 2.66. The molecule has 0 radical (unpaired) electrons. The first kappa shape index (κ1) is 21.1. The predicted octanol–water partition coefficient (Wildman–Crippen LogP) is 6.98. The molecule has 2 nitrogen and oxygen atoms in total. The van der Waals surface area contributed by atoms with Gasteiger partial charge in [-0.3, -0.25) is 4.79 Å². The van der Waals surface area contributed by atoms with Gasteiger partial charge in [-0.1, -0.05) is 75.9 Å². The van der Waals surface area contributed by atoms with Gasteiger partial charge in [-0.05, 0) is 58.7 Å². The molecule has 1 aliphatic rings. The number of alkyl halides is 1. The Morgan fingerprint density at radius 1 is 1.04 bits per heavy atom. The van der Waals surface area contributed by atoms with E-state index in [0.29, 0.717) is 5.15 Å². The fraction of sp³-hybridized carbons (Fsp3) is 0.417. The van der Waals surface area contributed by atoms with Crippen LogP contribution in [0.5, 0.6) is 0 Å². The molecule has 1 aliphatic carbocycles. The Bertz CT molecular complexity index is 872. The van der Waals surface area contributed by atoms with Crippen LogP contribution in [-0.4, -0.2) is 15.6 Å². The van der Waals surface area contributed by atoms with Gasteiger partial charge in [0.15, 0.2) is 5.78 Å². The van der Waals surface area contributed by atoms with Crippen LogP contribution in [0.2, 0.25) is 5.15 Å². The van der Waals surface area contributed by atoms with Gasteiger partial charge >= 0.3 is 0 Å². The predicted molar refractivity (Wildman–Crippen MR) is 118 cm³/mol. The molecular weight excluding hydrogens is 389 g/mol. The third-order valence-electron chi connectivity index (χ3n) is 5.46. The van der Waals surface area contributed by atoms with E-state index in [1.807, 2.05) is 6.07 Å². The van der Waals surface area contributed by atoms with Crippen molar-refractivity contribution < 1.29 is 4.79 Å². The van der Waals surface area contributed by atoms with E-state index in [-0.39, 0.29) is 11.2 Å². The van der Waals surface area contributed by atoms with Crippen LogP contribution >= 0.6 is 23.2 Å². The summed E-state index contributed by atoms with van der Waals surface area (Å²) in [5.41, 5.74) is 3.99. The quantitative estimate of drug-likeness (QED) is 0.306. The van der Waals surface area contributed by atoms with E-state index >= 15 is 0 Å². The van der Waals surface area contributed by atoms with Crippen molar-refractivity contribution in [3.63, 3.8) is 0 Å². The van der Waals surface area contributed by atoms with Gasteiger partial charge in [0, 0.05) is 6.20 Å². The Labute approximate surface area is 178 Å². The van der Waals surface area contributed by atoms with E-state index < -0.39 is 4.87 Å². The lowest BCUT2D eigenvalue weighted by Crippen LogP contribution is -2.33. The normalized spacial score (nSPS) is 17.4. The minimum atomic E-state index is -0.786. The van der Waals surface area contributed by atoms with E-state index in [0.717, 1.165) is 48.8 Å². The highest BCUT2D eigenvalue weighted by Gasteiger charge is 2.36. The molecule has 0 aliphatic heterocycles. The van der Waals surface area contributed by atoms with E-state index in [2.05, 4.69) is 50.0 Å². The topological polar surface area (TPSA) is 30.0 Å². The van der Waals surface area contributed by atoms with Crippen LogP contribution in [0.4, 0.5) is 0 Å². The maximum atomic E-state index is 13.1. The van der Waals surface area contributed by atoms with E-state index in [4.69, 9.17) is 23.2 Å². The summed E-state index contributed by atoms with van der Waals surface area (Å²) in [4.78, 5) is 16.4. The minimum Gasteiger partial charge on any atom is -0.293 e. The molecule has 0 atom stereocenters. The zero-order valence-corrected chi connectivity index (χ0v) is 18.3. The number of rotatable bonds is 4. The Kier molecular flexibility index (Phi) is 6.31. The monoisotopic (exact) mass is 415 g/mol. The Hall–Kier alpha value is -1.64. The summed E-state index contributed by atoms with van der Waals surface area (Å²) in [6, 6.07) is 12.0. The summed E-state index contributed by atoms with van der Waals surface area (Å²) in [7, 11) is 0. The fourth-order valence-corrected chi connectivity index (χ4v) is 4.17. The lowest BCUT2D eigenvalue weighted by Gasteiger charge is -2.28. The highest BCUT2D eigenvalue weighted by atomic mass is 35.5. The molecule has 0 N–H and O–H groups in total. The third kappa shape index (κ3) is 4.85. The third-order valence-corrected chi connectivity index (χ3v) is 6.23. The molecular formula is C24H27Cl2NO. The van der Waals surface area contributed by atoms with Crippen LogP contribution in [0.1, 0.15) is 69.6 Å². The maximum Gasteiger partial charge on any atom is 0.177 e. The first-order chi connectivity index (χ1) is 13.2. The largest absolute Gasteiger partial charge is 0.293 e. The van der Waals surface area contributed by atoms with Gasteiger partial charge in [-0.2, -0.15) is 0 Å². The highest BCUT2D eigenvalue weighted by molar-refractivity contribution is 6.37. The van der Waals surface area contributed by atoms with E-state index in [9.17, 15) is 4.79 Å². The lowest BCUT2D eigenvalue weighted by atomic mass is 9.83. The van der Waals surface area contributed by atoms with Gasteiger partial charge in [-0.25, -0.2) is 4.98 Å². The standard InChI is InChI=1S/C24H27Cl2NO/c1-23(2,3)19-9-7-17(8-10-19)20(18-11-14-27-22(25)15-18)16-21(28)24(26)12-5-4-6-13-24/h7-11,14-16H,4-6,12-13H2,1-3H3/b20-16-. The molecule has 0 amide bonds. The van der Waals surface area contributed by atoms with Gasteiger partial charge in [-0.15, -0.1) is 11.6 Å². The second kappa shape index (κ2) is 8.39. The first-order valence-corrected chi connectivity index (χ1v) is 10.6. The van der Waals surface area contributed by atoms with Crippen molar-refractivity contribution in [2.24, 2.45) is 0 Å². The van der Waals surface area contributed by atoms with Crippen molar-refractivity contribution in [3.8, 4) is 0 Å². The van der Waals surface area contributed by atoms with Crippen LogP contribution in [0.25, 0.3) is 5.57 Å². The number of ketones is 1. The van der Waals surface area contributed by atoms with Gasteiger partial charge < -0.3 is 0 Å². The number of allylic oxidation sites excluding steroid dienone is 1. The molecule has 0 saturated heterocycles. The van der Waals surface area contributed by atoms with Crippen molar-refractivity contribution in [3.05, 3.63) is 70.5 Å². The first-order valence-electron chi connectivity index (χ1n) is 9.87. The molecule has 2 aromatic rings. The molecule has 1 heterocycles. The van der Waals surface area contributed by atoms with Crippen molar-refractivity contribution in [1.82, 2.24) is 4.98 Å². The number of aromatic nitrogens is 1. The fourth-order valence-electron chi connectivity index (χ4n) is 3.67. The van der Waals surface area contributed by atoms with Crippen LogP contribution in [0.3, 0.4) is 0 Å². The number of hydrogen-bond donors (Lipinski definition) is 0. The van der Waals surface area contributed by atoms with Crippen molar-refractivity contribution in [2.45, 2.75) is 63.2 Å². The molecule has 3 rings (SSSR count). The SMILES string of the molecule is CC(C)(C)c1ccc(/C(=C/C(=O)C2(Cl)CCCCC2)c2ccnc(Cl)c2)cc1. The molecule has 28 heavy (non-hydrogen) atoms. The van der Waals surface area contributed by atoms with Crippen molar-refractivity contribution in [1.29, 1.82) is 0 Å². The summed E-state index contributed by atoms with van der Waals surface area (Å²) >= 11 is 12.9. The number of carbonyl (C=O) groups excluding carboxylic acids is 1. The summed E-state index contributed by atoms with van der Waals surface area (Å²) in [5, 5.41) is 0.403. The molecule has 4 heteroatoms. The zero-order chi connectivity index (χ0) is 20.4. The van der Waals surface area contributed by atoms with Gasteiger partial charge in [0.25, 0.3) is 0 Å². The Morgan fingerprint density at radius 3 is 2.25 bits per heavy atom. The molecule has 0 spiro atoms. The zero-order valence-electron chi connectivity index (χ0n) is 16.8. The molecule has 0 unspecified atom stereocenters. The van der Waals surface area contributed by atoms with Crippen molar-refractivity contribution >= 4 is 34.6 Å². The molecule has 0 bridgehead atoms. The minimum absolute atomic E-state index is 0.0169. The van der Waals surface area contributed by atoms with Gasteiger partial charge in [0.2, 0.25) is 0 Å². The molecule has 1 aromatic carbocycles. The summed E-state index contributed by atoms with van der Waals surface area (Å²) < 4.78 is 0. The van der Waals surface area contributed by atoms with Crippen LogP contribution in [-0.2, 0) is 10.2 Å². The molecule has 1 saturated carbocycles. The molecule has 1 aromatic heterocycles. The Morgan fingerprint density at radius 2 is 1.68 bits per heavy atom. The lowest BCUT2D eigenvalue weighted by molar-refractivity contribution is -0.117. The average molecular weight is 416 g/mol. The summed E-state index contributed by atoms with van der Waals surface area (Å²) in [6.45, 7) is 6.56. The number of hydrogen-bond acceptors (Lipinski definition) is 2. The van der Waals surface area contributed by atoms with Gasteiger partial charge in [0.05, 0.1) is 0 Å².